The lowest BCUT2D eigenvalue weighted by atomic mass is 10.0. The monoisotopic (exact) mass is 375 g/mol. The van der Waals surface area contributed by atoms with Crippen LogP contribution in [0.5, 0.6) is 11.5 Å². The SMILES string of the molecule is NC1CCN(C(=O)c2ccc(Oc3ccc(Cl)cc3[N+](=O)[O-])cc2)CC1. The number of ether oxygens (including phenoxy) is 1. The molecule has 26 heavy (non-hydrogen) atoms. The van der Waals surface area contributed by atoms with Gasteiger partial charge in [0.25, 0.3) is 5.91 Å². The van der Waals surface area contributed by atoms with Crippen LogP contribution in [-0.2, 0) is 0 Å². The number of likely N-dealkylation sites (tertiary alicyclic amines) is 1. The van der Waals surface area contributed by atoms with Gasteiger partial charge in [0.05, 0.1) is 4.92 Å². The number of piperidine rings is 1. The number of amides is 1. The topological polar surface area (TPSA) is 98.7 Å². The molecule has 1 saturated heterocycles. The van der Waals surface area contributed by atoms with Crippen LogP contribution >= 0.6 is 11.6 Å². The van der Waals surface area contributed by atoms with E-state index in [-0.39, 0.29) is 28.4 Å². The minimum atomic E-state index is -0.555. The molecular formula is C18H18ClN3O4. The average Bonchev–Trinajstić information content (AvgIpc) is 2.64. The van der Waals surface area contributed by atoms with Crippen molar-refractivity contribution in [3.05, 3.63) is 63.2 Å². The summed E-state index contributed by atoms with van der Waals surface area (Å²) in [5.41, 5.74) is 6.18. The molecule has 1 aliphatic heterocycles. The summed E-state index contributed by atoms with van der Waals surface area (Å²) in [6.07, 6.45) is 1.60. The Morgan fingerprint density at radius 2 is 1.85 bits per heavy atom. The molecule has 0 saturated carbocycles. The fourth-order valence-corrected chi connectivity index (χ4v) is 2.96. The normalized spacial score (nSPS) is 14.9. The molecule has 0 spiro atoms. The van der Waals surface area contributed by atoms with Gasteiger partial charge in [0, 0.05) is 35.8 Å². The molecule has 2 N–H and O–H groups in total. The molecule has 2 aromatic rings. The van der Waals surface area contributed by atoms with Crippen molar-refractivity contribution in [2.24, 2.45) is 5.73 Å². The minimum absolute atomic E-state index is 0.0547. The maximum Gasteiger partial charge on any atom is 0.313 e. The zero-order chi connectivity index (χ0) is 18.7. The van der Waals surface area contributed by atoms with E-state index in [2.05, 4.69) is 0 Å². The number of halogens is 1. The molecular weight excluding hydrogens is 358 g/mol. The van der Waals surface area contributed by atoms with Gasteiger partial charge < -0.3 is 15.4 Å². The minimum Gasteiger partial charge on any atom is -0.450 e. The Kier molecular flexibility index (Phi) is 5.39. The summed E-state index contributed by atoms with van der Waals surface area (Å²) < 4.78 is 5.58. The average molecular weight is 376 g/mol. The summed E-state index contributed by atoms with van der Waals surface area (Å²) in [5.74, 6) is 0.428. The molecule has 0 atom stereocenters. The zero-order valence-electron chi connectivity index (χ0n) is 13.9. The number of rotatable bonds is 4. The fourth-order valence-electron chi connectivity index (χ4n) is 2.80. The van der Waals surface area contributed by atoms with E-state index in [4.69, 9.17) is 22.1 Å². The van der Waals surface area contributed by atoms with Crippen LogP contribution in [0.1, 0.15) is 23.2 Å². The van der Waals surface area contributed by atoms with Gasteiger partial charge in [-0.25, -0.2) is 0 Å². The number of carbonyl (C=O) groups excluding carboxylic acids is 1. The predicted octanol–water partition coefficient (Wildman–Crippen LogP) is 3.60. The number of nitro benzene ring substituents is 1. The van der Waals surface area contributed by atoms with Crippen molar-refractivity contribution in [2.45, 2.75) is 18.9 Å². The first kappa shape index (κ1) is 18.2. The van der Waals surface area contributed by atoms with E-state index in [9.17, 15) is 14.9 Å². The van der Waals surface area contributed by atoms with Gasteiger partial charge in [-0.1, -0.05) is 11.6 Å². The standard InChI is InChI=1S/C18H18ClN3O4/c19-13-3-6-17(16(11-13)22(24)25)26-15-4-1-12(2-5-15)18(23)21-9-7-14(20)8-10-21/h1-6,11,14H,7-10,20H2. The first-order valence-corrected chi connectivity index (χ1v) is 8.58. The molecule has 8 heteroatoms. The van der Waals surface area contributed by atoms with Gasteiger partial charge in [-0.05, 0) is 49.2 Å². The third-order valence-corrected chi connectivity index (χ3v) is 4.51. The van der Waals surface area contributed by atoms with E-state index < -0.39 is 4.92 Å². The zero-order valence-corrected chi connectivity index (χ0v) is 14.7. The lowest BCUT2D eigenvalue weighted by Crippen LogP contribution is -2.42. The molecule has 3 rings (SSSR count). The lowest BCUT2D eigenvalue weighted by Gasteiger charge is -2.30. The quantitative estimate of drug-likeness (QED) is 0.650. The smallest absolute Gasteiger partial charge is 0.313 e. The number of carbonyl (C=O) groups is 1. The molecule has 0 radical (unpaired) electrons. The second kappa shape index (κ2) is 7.72. The number of hydrogen-bond acceptors (Lipinski definition) is 5. The van der Waals surface area contributed by atoms with Gasteiger partial charge in [0.1, 0.15) is 5.75 Å². The highest BCUT2D eigenvalue weighted by atomic mass is 35.5. The van der Waals surface area contributed by atoms with Gasteiger partial charge in [-0.15, -0.1) is 0 Å². The third-order valence-electron chi connectivity index (χ3n) is 4.27. The fraction of sp³-hybridized carbons (Fsp3) is 0.278. The number of nitrogens with two attached hydrogens (primary N) is 1. The highest BCUT2D eigenvalue weighted by molar-refractivity contribution is 6.30. The molecule has 1 amide bonds. The van der Waals surface area contributed by atoms with E-state index in [1.54, 1.807) is 29.2 Å². The van der Waals surface area contributed by atoms with Crippen molar-refractivity contribution >= 4 is 23.2 Å². The van der Waals surface area contributed by atoms with Crippen LogP contribution < -0.4 is 10.5 Å². The summed E-state index contributed by atoms with van der Waals surface area (Å²) in [4.78, 5) is 24.8. The van der Waals surface area contributed by atoms with Crippen molar-refractivity contribution in [3.8, 4) is 11.5 Å². The Morgan fingerprint density at radius 3 is 2.46 bits per heavy atom. The van der Waals surface area contributed by atoms with Crippen molar-refractivity contribution in [1.29, 1.82) is 0 Å². The van der Waals surface area contributed by atoms with Gasteiger partial charge in [-0.3, -0.25) is 14.9 Å². The molecule has 0 aliphatic carbocycles. The van der Waals surface area contributed by atoms with Gasteiger partial charge in [-0.2, -0.15) is 0 Å². The summed E-state index contributed by atoms with van der Waals surface area (Å²) in [6, 6.07) is 10.9. The Bertz CT molecular complexity index is 818. The van der Waals surface area contributed by atoms with Crippen molar-refractivity contribution in [2.75, 3.05) is 13.1 Å². The molecule has 2 aromatic carbocycles. The number of hydrogen-bond donors (Lipinski definition) is 1. The summed E-state index contributed by atoms with van der Waals surface area (Å²) in [5, 5.41) is 11.4. The molecule has 0 aromatic heterocycles. The molecule has 0 bridgehead atoms. The van der Waals surface area contributed by atoms with Gasteiger partial charge in [0.2, 0.25) is 5.75 Å². The van der Waals surface area contributed by atoms with Gasteiger partial charge in [0.15, 0.2) is 0 Å². The molecule has 1 heterocycles. The van der Waals surface area contributed by atoms with E-state index in [0.29, 0.717) is 24.4 Å². The molecule has 1 aliphatic rings. The van der Waals surface area contributed by atoms with E-state index in [0.717, 1.165) is 12.8 Å². The number of nitro groups is 1. The Morgan fingerprint density at radius 1 is 1.19 bits per heavy atom. The maximum atomic E-state index is 12.5. The van der Waals surface area contributed by atoms with Crippen LogP contribution in [0.25, 0.3) is 0 Å². The highest BCUT2D eigenvalue weighted by Crippen LogP contribution is 2.33. The summed E-state index contributed by atoms with van der Waals surface area (Å²) >= 11 is 5.79. The first-order chi connectivity index (χ1) is 12.4. The Balaban J connectivity index is 1.72. The molecule has 1 fully saturated rings. The molecule has 7 nitrogen and oxygen atoms in total. The summed E-state index contributed by atoms with van der Waals surface area (Å²) in [7, 11) is 0. The van der Waals surface area contributed by atoms with Crippen LogP contribution in [0.3, 0.4) is 0 Å². The van der Waals surface area contributed by atoms with Crippen molar-refractivity contribution in [3.63, 3.8) is 0 Å². The largest absolute Gasteiger partial charge is 0.450 e. The van der Waals surface area contributed by atoms with Crippen LogP contribution in [0.15, 0.2) is 42.5 Å². The van der Waals surface area contributed by atoms with Crippen LogP contribution in [-0.4, -0.2) is 34.9 Å². The van der Waals surface area contributed by atoms with Gasteiger partial charge >= 0.3 is 5.69 Å². The second-order valence-corrected chi connectivity index (χ2v) is 6.56. The van der Waals surface area contributed by atoms with E-state index in [1.807, 2.05) is 0 Å². The van der Waals surface area contributed by atoms with E-state index in [1.165, 1.54) is 18.2 Å². The van der Waals surface area contributed by atoms with Crippen LogP contribution in [0.2, 0.25) is 5.02 Å². The van der Waals surface area contributed by atoms with Crippen molar-refractivity contribution < 1.29 is 14.5 Å². The second-order valence-electron chi connectivity index (χ2n) is 6.13. The maximum absolute atomic E-state index is 12.5. The predicted molar refractivity (Wildman–Crippen MR) is 97.7 cm³/mol. The van der Waals surface area contributed by atoms with Crippen molar-refractivity contribution in [1.82, 2.24) is 4.90 Å². The number of benzene rings is 2. The lowest BCUT2D eigenvalue weighted by molar-refractivity contribution is -0.385. The first-order valence-electron chi connectivity index (χ1n) is 8.21. The van der Waals surface area contributed by atoms with E-state index >= 15 is 0 Å². The van der Waals surface area contributed by atoms with Crippen LogP contribution in [0.4, 0.5) is 5.69 Å². The Labute approximate surface area is 155 Å². The molecule has 0 unspecified atom stereocenters. The highest BCUT2D eigenvalue weighted by Gasteiger charge is 2.22. The Hall–Kier alpha value is -2.64. The third kappa shape index (κ3) is 4.12. The molecule has 136 valence electrons. The number of nitrogens with zero attached hydrogens (tertiary/aromatic N) is 2. The summed E-state index contributed by atoms with van der Waals surface area (Å²) in [6.45, 7) is 1.30. The van der Waals surface area contributed by atoms with Crippen LogP contribution in [0, 0.1) is 10.1 Å².